The molecule has 0 amide bonds. The van der Waals surface area contributed by atoms with E-state index in [9.17, 15) is 4.39 Å². The predicted octanol–water partition coefficient (Wildman–Crippen LogP) is 3.44. The molecule has 1 heterocycles. The normalized spacial score (nSPS) is 12.7. The van der Waals surface area contributed by atoms with Crippen molar-refractivity contribution in [1.29, 1.82) is 0 Å². The third kappa shape index (κ3) is 2.31. The molecule has 0 spiro atoms. The van der Waals surface area contributed by atoms with Gasteiger partial charge in [0.2, 0.25) is 0 Å². The summed E-state index contributed by atoms with van der Waals surface area (Å²) in [4.78, 5) is 0. The first-order chi connectivity index (χ1) is 7.68. The summed E-state index contributed by atoms with van der Waals surface area (Å²) in [6.45, 7) is 1.76. The van der Waals surface area contributed by atoms with Gasteiger partial charge in [-0.1, -0.05) is 18.2 Å². The average molecular weight is 235 g/mol. The Labute approximate surface area is 98.7 Å². The second kappa shape index (κ2) is 4.76. The van der Waals surface area contributed by atoms with Crippen molar-refractivity contribution >= 4 is 11.3 Å². The van der Waals surface area contributed by atoms with Crippen LogP contribution in [0.15, 0.2) is 35.0 Å². The van der Waals surface area contributed by atoms with Crippen LogP contribution in [-0.4, -0.2) is 0 Å². The molecule has 1 aromatic heterocycles. The molecule has 1 nitrogen and oxygen atoms in total. The molecule has 84 valence electrons. The fraction of sp³-hybridized carbons (Fsp3) is 0.231. The first-order valence-corrected chi connectivity index (χ1v) is 6.14. The molecule has 0 bridgehead atoms. The van der Waals surface area contributed by atoms with Crippen LogP contribution in [0, 0.1) is 12.7 Å². The van der Waals surface area contributed by atoms with E-state index in [1.165, 1.54) is 5.56 Å². The van der Waals surface area contributed by atoms with Gasteiger partial charge in [-0.25, -0.2) is 4.39 Å². The van der Waals surface area contributed by atoms with Crippen LogP contribution >= 0.6 is 11.3 Å². The van der Waals surface area contributed by atoms with Crippen molar-refractivity contribution in [3.05, 3.63) is 57.5 Å². The first kappa shape index (κ1) is 11.3. The number of hydrogen-bond donors (Lipinski definition) is 1. The molecule has 1 unspecified atom stereocenters. The third-order valence-electron chi connectivity index (χ3n) is 2.66. The van der Waals surface area contributed by atoms with E-state index >= 15 is 0 Å². The molecular weight excluding hydrogens is 221 g/mol. The summed E-state index contributed by atoms with van der Waals surface area (Å²) in [5, 5.41) is 4.06. The summed E-state index contributed by atoms with van der Waals surface area (Å²) >= 11 is 1.63. The van der Waals surface area contributed by atoms with Crippen LogP contribution in [0.25, 0.3) is 0 Å². The molecule has 0 aliphatic carbocycles. The number of hydrogen-bond acceptors (Lipinski definition) is 2. The molecule has 3 heteroatoms. The van der Waals surface area contributed by atoms with Gasteiger partial charge in [-0.2, -0.15) is 11.3 Å². The van der Waals surface area contributed by atoms with Crippen molar-refractivity contribution in [1.82, 2.24) is 0 Å². The Bertz CT molecular complexity index is 465. The van der Waals surface area contributed by atoms with Crippen molar-refractivity contribution in [2.45, 2.75) is 19.4 Å². The van der Waals surface area contributed by atoms with E-state index in [2.05, 4.69) is 0 Å². The summed E-state index contributed by atoms with van der Waals surface area (Å²) in [5.41, 5.74) is 8.44. The minimum absolute atomic E-state index is 0.176. The molecule has 1 atom stereocenters. The summed E-state index contributed by atoms with van der Waals surface area (Å²) in [7, 11) is 0. The molecule has 16 heavy (non-hydrogen) atoms. The fourth-order valence-electron chi connectivity index (χ4n) is 1.73. The predicted molar refractivity (Wildman–Crippen MR) is 66.1 cm³/mol. The van der Waals surface area contributed by atoms with Gasteiger partial charge >= 0.3 is 0 Å². The number of halogens is 1. The first-order valence-electron chi connectivity index (χ1n) is 5.20. The summed E-state index contributed by atoms with van der Waals surface area (Å²) in [6.07, 6.45) is 0.684. The number of thiophene rings is 1. The van der Waals surface area contributed by atoms with E-state index in [4.69, 9.17) is 5.73 Å². The maximum atomic E-state index is 13.8. The molecule has 2 rings (SSSR count). The zero-order chi connectivity index (χ0) is 11.5. The Hall–Kier alpha value is -1.19. The van der Waals surface area contributed by atoms with Gasteiger partial charge in [0.15, 0.2) is 0 Å². The lowest BCUT2D eigenvalue weighted by Crippen LogP contribution is -2.15. The van der Waals surface area contributed by atoms with Crippen LogP contribution in [0.1, 0.15) is 22.7 Å². The SMILES string of the molecule is Cc1cccc(C(N)Cc2ccsc2)c1F. The number of nitrogens with two attached hydrogens (primary N) is 1. The molecule has 0 saturated heterocycles. The fourth-order valence-corrected chi connectivity index (χ4v) is 2.41. The lowest BCUT2D eigenvalue weighted by Gasteiger charge is -2.13. The van der Waals surface area contributed by atoms with E-state index in [0.29, 0.717) is 17.5 Å². The zero-order valence-electron chi connectivity index (χ0n) is 9.11. The van der Waals surface area contributed by atoms with E-state index in [-0.39, 0.29) is 11.9 Å². The van der Waals surface area contributed by atoms with Gasteiger partial charge in [0.1, 0.15) is 5.82 Å². The molecule has 0 aliphatic rings. The Kier molecular flexibility index (Phi) is 3.36. The Morgan fingerprint density at radius 1 is 1.38 bits per heavy atom. The number of aryl methyl sites for hydroxylation is 1. The monoisotopic (exact) mass is 235 g/mol. The standard InChI is InChI=1S/C13H14FNS/c1-9-3-2-4-11(13(9)14)12(15)7-10-5-6-16-8-10/h2-6,8,12H,7,15H2,1H3. The van der Waals surface area contributed by atoms with Gasteiger partial charge in [-0.3, -0.25) is 0 Å². The van der Waals surface area contributed by atoms with Gasteiger partial charge in [0.05, 0.1) is 0 Å². The molecule has 2 aromatic rings. The van der Waals surface area contributed by atoms with Gasteiger partial charge in [-0.15, -0.1) is 0 Å². The van der Waals surface area contributed by atoms with E-state index in [0.717, 1.165) is 0 Å². The van der Waals surface area contributed by atoms with Crippen molar-refractivity contribution < 1.29 is 4.39 Å². The topological polar surface area (TPSA) is 26.0 Å². The summed E-state index contributed by atoms with van der Waals surface area (Å²) < 4.78 is 13.8. The van der Waals surface area contributed by atoms with Crippen molar-refractivity contribution in [3.63, 3.8) is 0 Å². The molecule has 2 N–H and O–H groups in total. The molecule has 1 aromatic carbocycles. The Morgan fingerprint density at radius 2 is 2.19 bits per heavy atom. The van der Waals surface area contributed by atoms with Crippen LogP contribution in [0.5, 0.6) is 0 Å². The molecule has 0 saturated carbocycles. The van der Waals surface area contributed by atoms with E-state index in [1.807, 2.05) is 22.9 Å². The van der Waals surface area contributed by atoms with Crippen LogP contribution in [0.2, 0.25) is 0 Å². The molecule has 0 fully saturated rings. The van der Waals surface area contributed by atoms with Crippen LogP contribution < -0.4 is 5.73 Å². The molecule has 0 radical (unpaired) electrons. The Balaban J connectivity index is 2.21. The van der Waals surface area contributed by atoms with E-state index in [1.54, 1.807) is 30.4 Å². The van der Waals surface area contributed by atoms with Crippen LogP contribution in [0.4, 0.5) is 4.39 Å². The smallest absolute Gasteiger partial charge is 0.130 e. The quantitative estimate of drug-likeness (QED) is 0.866. The van der Waals surface area contributed by atoms with Gasteiger partial charge in [-0.05, 0) is 41.3 Å². The third-order valence-corrected chi connectivity index (χ3v) is 3.39. The number of benzene rings is 1. The van der Waals surface area contributed by atoms with Gasteiger partial charge in [0.25, 0.3) is 0 Å². The van der Waals surface area contributed by atoms with Crippen molar-refractivity contribution in [3.8, 4) is 0 Å². The van der Waals surface area contributed by atoms with E-state index < -0.39 is 0 Å². The maximum Gasteiger partial charge on any atom is 0.130 e. The highest BCUT2D eigenvalue weighted by atomic mass is 32.1. The lowest BCUT2D eigenvalue weighted by molar-refractivity contribution is 0.573. The second-order valence-electron chi connectivity index (χ2n) is 3.92. The van der Waals surface area contributed by atoms with Crippen molar-refractivity contribution in [2.75, 3.05) is 0 Å². The average Bonchev–Trinajstić information content (AvgIpc) is 2.74. The minimum atomic E-state index is -0.269. The summed E-state index contributed by atoms with van der Waals surface area (Å²) in [5.74, 6) is -0.176. The van der Waals surface area contributed by atoms with Crippen molar-refractivity contribution in [2.24, 2.45) is 5.73 Å². The second-order valence-corrected chi connectivity index (χ2v) is 4.70. The largest absolute Gasteiger partial charge is 0.324 e. The molecule has 0 aliphatic heterocycles. The van der Waals surface area contributed by atoms with Gasteiger partial charge < -0.3 is 5.73 Å². The number of rotatable bonds is 3. The maximum absolute atomic E-state index is 13.8. The highest BCUT2D eigenvalue weighted by Crippen LogP contribution is 2.22. The summed E-state index contributed by atoms with van der Waals surface area (Å²) in [6, 6.07) is 7.13. The molecular formula is C13H14FNS. The van der Waals surface area contributed by atoms with Gasteiger partial charge in [0, 0.05) is 11.6 Å². The lowest BCUT2D eigenvalue weighted by atomic mass is 9.99. The van der Waals surface area contributed by atoms with Crippen LogP contribution in [-0.2, 0) is 6.42 Å². The highest BCUT2D eigenvalue weighted by molar-refractivity contribution is 7.07. The Morgan fingerprint density at radius 3 is 2.88 bits per heavy atom. The van der Waals surface area contributed by atoms with Crippen LogP contribution in [0.3, 0.4) is 0 Å². The minimum Gasteiger partial charge on any atom is -0.324 e. The highest BCUT2D eigenvalue weighted by Gasteiger charge is 2.13. The zero-order valence-corrected chi connectivity index (χ0v) is 9.93.